The average molecular weight is 439 g/mol. The van der Waals surface area contributed by atoms with Crippen molar-refractivity contribution in [3.05, 3.63) is 78.2 Å². The zero-order valence-corrected chi connectivity index (χ0v) is 17.0. The van der Waals surface area contributed by atoms with Crippen LogP contribution in [0.25, 0.3) is 22.8 Å². The fraction of sp³-hybridized carbons (Fsp3) is 0.0952. The van der Waals surface area contributed by atoms with E-state index >= 15 is 0 Å². The second kappa shape index (κ2) is 8.62. The van der Waals surface area contributed by atoms with E-state index in [4.69, 9.17) is 9.66 Å². The van der Waals surface area contributed by atoms with Crippen LogP contribution in [0.1, 0.15) is 5.56 Å². The molecule has 0 radical (unpaired) electrons. The molecule has 0 aliphatic rings. The van der Waals surface area contributed by atoms with Crippen LogP contribution in [0.4, 0.5) is 10.2 Å². The molecule has 4 aromatic rings. The molecule has 0 aliphatic heterocycles. The van der Waals surface area contributed by atoms with Gasteiger partial charge in [0.2, 0.25) is 15.8 Å². The van der Waals surface area contributed by atoms with Crippen molar-refractivity contribution in [3.8, 4) is 22.8 Å². The number of sulfonamides is 1. The molecule has 0 saturated heterocycles. The number of halogens is 1. The summed E-state index contributed by atoms with van der Waals surface area (Å²) in [4.78, 5) is 8.75. The molecule has 3 N–H and O–H groups in total. The maximum absolute atomic E-state index is 13.0. The van der Waals surface area contributed by atoms with Gasteiger partial charge in [0.25, 0.3) is 5.89 Å². The highest BCUT2D eigenvalue weighted by atomic mass is 32.2. The van der Waals surface area contributed by atoms with Crippen LogP contribution in [0.5, 0.6) is 0 Å². The van der Waals surface area contributed by atoms with Gasteiger partial charge in [-0.2, -0.15) is 4.98 Å². The second-order valence-corrected chi connectivity index (χ2v) is 8.29. The van der Waals surface area contributed by atoms with Gasteiger partial charge in [0.05, 0.1) is 10.5 Å². The van der Waals surface area contributed by atoms with Gasteiger partial charge in [0, 0.05) is 18.3 Å². The van der Waals surface area contributed by atoms with E-state index in [0.717, 1.165) is 5.56 Å². The summed E-state index contributed by atoms with van der Waals surface area (Å²) in [6, 6.07) is 15.9. The molecule has 2 aromatic heterocycles. The lowest BCUT2D eigenvalue weighted by atomic mass is 10.1. The van der Waals surface area contributed by atoms with Gasteiger partial charge in [-0.1, -0.05) is 17.3 Å². The smallest absolute Gasteiger partial charge is 0.259 e. The van der Waals surface area contributed by atoms with Crippen molar-refractivity contribution in [1.82, 2.24) is 15.1 Å². The molecule has 0 bridgehead atoms. The highest BCUT2D eigenvalue weighted by Crippen LogP contribution is 2.22. The van der Waals surface area contributed by atoms with Crippen LogP contribution in [0, 0.1) is 5.82 Å². The van der Waals surface area contributed by atoms with Crippen molar-refractivity contribution < 1.29 is 17.3 Å². The first-order valence-electron chi connectivity index (χ1n) is 9.30. The number of nitrogens with two attached hydrogens (primary N) is 1. The van der Waals surface area contributed by atoms with Gasteiger partial charge in [-0.15, -0.1) is 0 Å². The summed E-state index contributed by atoms with van der Waals surface area (Å²) in [5, 5.41) is 12.2. The van der Waals surface area contributed by atoms with Crippen LogP contribution in [0.3, 0.4) is 0 Å². The van der Waals surface area contributed by atoms with Crippen molar-refractivity contribution in [2.24, 2.45) is 5.14 Å². The summed E-state index contributed by atoms with van der Waals surface area (Å²) in [5.41, 5.74) is 2.28. The fourth-order valence-electron chi connectivity index (χ4n) is 2.86. The Bertz CT molecular complexity index is 1270. The number of rotatable bonds is 7. The number of aromatic nitrogens is 3. The first-order chi connectivity index (χ1) is 14.9. The zero-order chi connectivity index (χ0) is 21.8. The van der Waals surface area contributed by atoms with Gasteiger partial charge in [-0.3, -0.25) is 0 Å². The van der Waals surface area contributed by atoms with E-state index < -0.39 is 10.0 Å². The van der Waals surface area contributed by atoms with Crippen molar-refractivity contribution in [3.63, 3.8) is 0 Å². The van der Waals surface area contributed by atoms with Crippen molar-refractivity contribution in [2.75, 3.05) is 11.9 Å². The van der Waals surface area contributed by atoms with E-state index in [2.05, 4.69) is 20.4 Å². The first-order valence-corrected chi connectivity index (χ1v) is 10.8. The number of pyridine rings is 1. The average Bonchev–Trinajstić information content (AvgIpc) is 3.25. The topological polar surface area (TPSA) is 124 Å². The van der Waals surface area contributed by atoms with E-state index in [-0.39, 0.29) is 10.7 Å². The summed E-state index contributed by atoms with van der Waals surface area (Å²) < 4.78 is 40.9. The summed E-state index contributed by atoms with van der Waals surface area (Å²) in [7, 11) is -3.68. The number of primary sulfonamides is 1. The molecule has 0 fully saturated rings. The van der Waals surface area contributed by atoms with E-state index in [1.54, 1.807) is 42.6 Å². The highest BCUT2D eigenvalue weighted by Gasteiger charge is 2.11. The molecule has 0 aliphatic carbocycles. The molecule has 10 heteroatoms. The predicted molar refractivity (Wildman–Crippen MR) is 113 cm³/mol. The number of nitrogens with zero attached hydrogens (tertiary/aromatic N) is 3. The van der Waals surface area contributed by atoms with Gasteiger partial charge in [-0.05, 0) is 60.5 Å². The molecule has 0 unspecified atom stereocenters. The molecule has 158 valence electrons. The van der Waals surface area contributed by atoms with Crippen molar-refractivity contribution >= 4 is 15.8 Å². The van der Waals surface area contributed by atoms with Crippen LogP contribution >= 0.6 is 0 Å². The molecule has 0 amide bonds. The lowest BCUT2D eigenvalue weighted by Gasteiger charge is -2.06. The van der Waals surface area contributed by atoms with Crippen LogP contribution in [-0.4, -0.2) is 30.1 Å². The third kappa shape index (κ3) is 5.11. The first kappa shape index (κ1) is 20.6. The number of hydrogen-bond acceptors (Lipinski definition) is 7. The highest BCUT2D eigenvalue weighted by molar-refractivity contribution is 7.89. The normalized spacial score (nSPS) is 11.4. The number of anilines is 1. The lowest BCUT2D eigenvalue weighted by molar-refractivity contribution is 0.432. The minimum atomic E-state index is -3.68. The molecule has 31 heavy (non-hydrogen) atoms. The molecule has 0 spiro atoms. The molecule has 4 rings (SSSR count). The Morgan fingerprint density at radius 3 is 2.32 bits per heavy atom. The predicted octanol–water partition coefficient (Wildman–Crippen LogP) is 3.24. The maximum Gasteiger partial charge on any atom is 0.259 e. The minimum absolute atomic E-state index is 0.0880. The molecule has 8 nitrogen and oxygen atoms in total. The van der Waals surface area contributed by atoms with Crippen LogP contribution in [0.15, 0.2) is 76.3 Å². The van der Waals surface area contributed by atoms with Gasteiger partial charge in [-0.25, -0.2) is 22.9 Å². The molecule has 2 aromatic carbocycles. The summed E-state index contributed by atoms with van der Waals surface area (Å²) in [5.74, 6) is 1.02. The largest absolute Gasteiger partial charge is 0.370 e. The monoisotopic (exact) mass is 439 g/mol. The van der Waals surface area contributed by atoms with Gasteiger partial charge in [0.1, 0.15) is 11.6 Å². The Balaban J connectivity index is 1.35. The van der Waals surface area contributed by atoms with Crippen molar-refractivity contribution in [1.29, 1.82) is 0 Å². The maximum atomic E-state index is 13.0. The van der Waals surface area contributed by atoms with Gasteiger partial charge in [0.15, 0.2) is 0 Å². The standard InChI is InChI=1S/C21H18FN5O3S/c22-17-6-3-15(4-7-17)20-26-21(30-27-20)16-5-10-19(25-13-16)24-12-11-14-1-8-18(9-2-14)31(23,28)29/h1-10,13H,11-12H2,(H,24,25)(H2,23,28,29). The van der Waals surface area contributed by atoms with Crippen LogP contribution < -0.4 is 10.5 Å². The van der Waals surface area contributed by atoms with Gasteiger partial charge >= 0.3 is 0 Å². The zero-order valence-electron chi connectivity index (χ0n) is 16.2. The Morgan fingerprint density at radius 2 is 1.68 bits per heavy atom. The molecular weight excluding hydrogens is 421 g/mol. The molecular formula is C21H18FN5O3S. The molecule has 2 heterocycles. The number of benzene rings is 2. The summed E-state index contributed by atoms with van der Waals surface area (Å²) in [6.07, 6.45) is 2.30. The molecule has 0 saturated carbocycles. The van der Waals surface area contributed by atoms with Crippen LogP contribution in [0.2, 0.25) is 0 Å². The van der Waals surface area contributed by atoms with Crippen molar-refractivity contribution in [2.45, 2.75) is 11.3 Å². The van der Waals surface area contributed by atoms with E-state index in [0.29, 0.717) is 41.6 Å². The Hall–Kier alpha value is -3.63. The summed E-state index contributed by atoms with van der Waals surface area (Å²) >= 11 is 0. The Morgan fingerprint density at radius 1 is 0.968 bits per heavy atom. The number of hydrogen-bond donors (Lipinski definition) is 2. The SMILES string of the molecule is NS(=O)(=O)c1ccc(CCNc2ccc(-c3nc(-c4ccc(F)cc4)no3)cn2)cc1. The minimum Gasteiger partial charge on any atom is -0.370 e. The van der Waals surface area contributed by atoms with Gasteiger partial charge < -0.3 is 9.84 Å². The van der Waals surface area contributed by atoms with E-state index in [1.165, 1.54) is 24.3 Å². The van der Waals surface area contributed by atoms with E-state index in [1.807, 2.05) is 0 Å². The summed E-state index contributed by atoms with van der Waals surface area (Å²) in [6.45, 7) is 0.607. The van der Waals surface area contributed by atoms with Crippen LogP contribution in [-0.2, 0) is 16.4 Å². The lowest BCUT2D eigenvalue weighted by Crippen LogP contribution is -2.12. The Labute approximate surface area is 178 Å². The third-order valence-electron chi connectivity index (χ3n) is 4.51. The second-order valence-electron chi connectivity index (χ2n) is 6.73. The molecule has 0 atom stereocenters. The third-order valence-corrected chi connectivity index (χ3v) is 5.44. The number of nitrogens with one attached hydrogen (secondary N) is 1. The van der Waals surface area contributed by atoms with E-state index in [9.17, 15) is 12.8 Å². The quantitative estimate of drug-likeness (QED) is 0.453. The fourth-order valence-corrected chi connectivity index (χ4v) is 3.38. The Kier molecular flexibility index (Phi) is 5.74.